The highest BCUT2D eigenvalue weighted by Gasteiger charge is 2.24. The molecule has 3 amide bonds. The second-order valence-corrected chi connectivity index (χ2v) is 5.81. The Morgan fingerprint density at radius 3 is 2.36 bits per heavy atom. The van der Waals surface area contributed by atoms with E-state index in [-0.39, 0.29) is 5.91 Å². The average molecular weight is 344 g/mol. The lowest BCUT2D eigenvalue weighted by Gasteiger charge is -2.21. The summed E-state index contributed by atoms with van der Waals surface area (Å²) in [5.41, 5.74) is 6.24. The Bertz CT molecular complexity index is 625. The number of nitriles is 1. The molecular weight excluding hydrogens is 320 g/mol. The number of nitrogens with two attached hydrogens (primary N) is 1. The molecule has 0 unspecified atom stereocenters. The lowest BCUT2D eigenvalue weighted by molar-refractivity contribution is -0.130. The van der Waals surface area contributed by atoms with Gasteiger partial charge in [-0.3, -0.25) is 14.4 Å². The Morgan fingerprint density at radius 2 is 1.80 bits per heavy atom. The van der Waals surface area contributed by atoms with Crippen molar-refractivity contribution in [2.24, 2.45) is 5.73 Å². The lowest BCUT2D eigenvalue weighted by Crippen LogP contribution is -2.53. The van der Waals surface area contributed by atoms with E-state index in [4.69, 9.17) is 11.0 Å². The fourth-order valence-corrected chi connectivity index (χ4v) is 2.41. The minimum Gasteiger partial charge on any atom is -0.368 e. The lowest BCUT2D eigenvalue weighted by atomic mass is 10.0. The molecule has 7 nitrogen and oxygen atoms in total. The second-order valence-electron chi connectivity index (χ2n) is 5.81. The zero-order chi connectivity index (χ0) is 18.7. The SMILES string of the molecule is CC(=O)N[C@H](Cc1ccccc1)C(=O)N[C@@H](CCCCC#N)C(N)=O. The molecule has 0 aliphatic heterocycles. The molecular formula is C18H24N4O3. The van der Waals surface area contributed by atoms with Crippen LogP contribution in [0.3, 0.4) is 0 Å². The average Bonchev–Trinajstić information content (AvgIpc) is 2.57. The number of nitrogens with one attached hydrogen (secondary N) is 2. The molecule has 0 aromatic heterocycles. The maximum absolute atomic E-state index is 12.5. The van der Waals surface area contributed by atoms with Gasteiger partial charge >= 0.3 is 0 Å². The van der Waals surface area contributed by atoms with Gasteiger partial charge in [0, 0.05) is 19.8 Å². The van der Waals surface area contributed by atoms with Gasteiger partial charge in [-0.1, -0.05) is 30.3 Å². The molecule has 0 radical (unpaired) electrons. The van der Waals surface area contributed by atoms with Gasteiger partial charge in [0.2, 0.25) is 17.7 Å². The number of unbranched alkanes of at least 4 members (excludes halogenated alkanes) is 2. The van der Waals surface area contributed by atoms with Crippen molar-refractivity contribution in [3.05, 3.63) is 35.9 Å². The summed E-state index contributed by atoms with van der Waals surface area (Å²) in [5, 5.41) is 13.7. The summed E-state index contributed by atoms with van der Waals surface area (Å²) in [4.78, 5) is 35.5. The van der Waals surface area contributed by atoms with Crippen LogP contribution in [0.4, 0.5) is 0 Å². The molecule has 1 aromatic rings. The predicted octanol–water partition coefficient (Wildman–Crippen LogP) is 0.788. The van der Waals surface area contributed by atoms with Crippen LogP contribution in [-0.4, -0.2) is 29.8 Å². The van der Waals surface area contributed by atoms with Crippen LogP contribution in [0.5, 0.6) is 0 Å². The van der Waals surface area contributed by atoms with Crippen molar-refractivity contribution in [2.75, 3.05) is 0 Å². The molecule has 1 rings (SSSR count). The number of carbonyl (C=O) groups excluding carboxylic acids is 3. The summed E-state index contributed by atoms with van der Waals surface area (Å²) in [6.07, 6.45) is 2.30. The number of hydrogen-bond acceptors (Lipinski definition) is 4. The van der Waals surface area contributed by atoms with E-state index in [9.17, 15) is 14.4 Å². The Morgan fingerprint density at radius 1 is 1.12 bits per heavy atom. The second kappa shape index (κ2) is 10.8. The van der Waals surface area contributed by atoms with E-state index in [1.807, 2.05) is 36.4 Å². The Labute approximate surface area is 147 Å². The first-order chi connectivity index (χ1) is 11.9. The van der Waals surface area contributed by atoms with Gasteiger partial charge in [0.1, 0.15) is 12.1 Å². The van der Waals surface area contributed by atoms with Crippen molar-refractivity contribution < 1.29 is 14.4 Å². The van der Waals surface area contributed by atoms with E-state index in [0.717, 1.165) is 5.56 Å². The smallest absolute Gasteiger partial charge is 0.243 e. The quantitative estimate of drug-likeness (QED) is 0.542. The highest BCUT2D eigenvalue weighted by atomic mass is 16.2. The summed E-state index contributed by atoms with van der Waals surface area (Å²) in [6.45, 7) is 1.33. The summed E-state index contributed by atoms with van der Waals surface area (Å²) in [7, 11) is 0. The molecule has 2 atom stereocenters. The van der Waals surface area contributed by atoms with Gasteiger partial charge in [0.25, 0.3) is 0 Å². The van der Waals surface area contributed by atoms with E-state index >= 15 is 0 Å². The third-order valence-corrected chi connectivity index (χ3v) is 3.67. The van der Waals surface area contributed by atoms with Crippen LogP contribution in [0.1, 0.15) is 38.2 Å². The van der Waals surface area contributed by atoms with Gasteiger partial charge in [-0.25, -0.2) is 0 Å². The molecule has 0 bridgehead atoms. The zero-order valence-corrected chi connectivity index (χ0v) is 14.3. The maximum Gasteiger partial charge on any atom is 0.243 e. The first-order valence-corrected chi connectivity index (χ1v) is 8.21. The van der Waals surface area contributed by atoms with Crippen LogP contribution < -0.4 is 16.4 Å². The number of rotatable bonds is 10. The van der Waals surface area contributed by atoms with Gasteiger partial charge in [-0.05, 0) is 24.8 Å². The van der Waals surface area contributed by atoms with Crippen molar-refractivity contribution in [2.45, 2.75) is 51.1 Å². The van der Waals surface area contributed by atoms with Crippen LogP contribution in [0.25, 0.3) is 0 Å². The molecule has 0 saturated heterocycles. The molecule has 0 heterocycles. The predicted molar refractivity (Wildman–Crippen MR) is 93.0 cm³/mol. The number of nitrogens with zero attached hydrogens (tertiary/aromatic N) is 1. The van der Waals surface area contributed by atoms with E-state index in [2.05, 4.69) is 10.6 Å². The highest BCUT2D eigenvalue weighted by Crippen LogP contribution is 2.06. The Balaban J connectivity index is 2.72. The largest absolute Gasteiger partial charge is 0.368 e. The van der Waals surface area contributed by atoms with Gasteiger partial charge in [0.05, 0.1) is 6.07 Å². The molecule has 25 heavy (non-hydrogen) atoms. The van der Waals surface area contributed by atoms with Crippen LogP contribution in [-0.2, 0) is 20.8 Å². The van der Waals surface area contributed by atoms with Gasteiger partial charge in [-0.15, -0.1) is 0 Å². The van der Waals surface area contributed by atoms with Crippen molar-refractivity contribution in [1.82, 2.24) is 10.6 Å². The molecule has 4 N–H and O–H groups in total. The normalized spacial score (nSPS) is 12.5. The van der Waals surface area contributed by atoms with Crippen molar-refractivity contribution in [1.29, 1.82) is 5.26 Å². The molecule has 7 heteroatoms. The van der Waals surface area contributed by atoms with Gasteiger partial charge < -0.3 is 16.4 Å². The standard InChI is InChI=1S/C18H24N4O3/c1-13(23)21-16(12-14-8-4-2-5-9-14)18(25)22-15(17(20)24)10-6-3-7-11-19/h2,4-5,8-9,15-16H,3,6-7,10,12H2,1H3,(H2,20,24)(H,21,23)(H,22,25)/t15-,16+/m0/s1. The van der Waals surface area contributed by atoms with E-state index in [1.54, 1.807) is 0 Å². The van der Waals surface area contributed by atoms with Crippen molar-refractivity contribution in [3.8, 4) is 6.07 Å². The zero-order valence-electron chi connectivity index (χ0n) is 14.3. The van der Waals surface area contributed by atoms with E-state index in [1.165, 1.54) is 6.92 Å². The molecule has 0 aliphatic rings. The topological polar surface area (TPSA) is 125 Å². The summed E-state index contributed by atoms with van der Waals surface area (Å²) in [5.74, 6) is -1.42. The minimum absolute atomic E-state index is 0.312. The molecule has 0 saturated carbocycles. The van der Waals surface area contributed by atoms with Crippen LogP contribution >= 0.6 is 0 Å². The molecule has 0 spiro atoms. The van der Waals surface area contributed by atoms with Gasteiger partial charge in [0.15, 0.2) is 0 Å². The van der Waals surface area contributed by atoms with Gasteiger partial charge in [-0.2, -0.15) is 5.26 Å². The monoisotopic (exact) mass is 344 g/mol. The third kappa shape index (κ3) is 7.97. The minimum atomic E-state index is -0.821. The number of carbonyl (C=O) groups is 3. The van der Waals surface area contributed by atoms with E-state index < -0.39 is 23.9 Å². The number of hydrogen-bond donors (Lipinski definition) is 3. The highest BCUT2D eigenvalue weighted by molar-refractivity contribution is 5.91. The van der Waals surface area contributed by atoms with Crippen LogP contribution in [0, 0.1) is 11.3 Å². The Hall–Kier alpha value is -2.88. The number of amides is 3. The first kappa shape index (κ1) is 20.2. The first-order valence-electron chi connectivity index (χ1n) is 8.21. The fourth-order valence-electron chi connectivity index (χ4n) is 2.41. The summed E-state index contributed by atoms with van der Waals surface area (Å²) < 4.78 is 0. The summed E-state index contributed by atoms with van der Waals surface area (Å²) in [6, 6.07) is 9.68. The molecule has 134 valence electrons. The number of benzene rings is 1. The Kier molecular flexibility index (Phi) is 8.72. The van der Waals surface area contributed by atoms with Crippen LogP contribution in [0.15, 0.2) is 30.3 Å². The summed E-state index contributed by atoms with van der Waals surface area (Å²) >= 11 is 0. The van der Waals surface area contributed by atoms with Crippen LogP contribution in [0.2, 0.25) is 0 Å². The van der Waals surface area contributed by atoms with Crippen molar-refractivity contribution >= 4 is 17.7 Å². The van der Waals surface area contributed by atoms with E-state index in [0.29, 0.717) is 32.1 Å². The maximum atomic E-state index is 12.5. The fraction of sp³-hybridized carbons (Fsp3) is 0.444. The van der Waals surface area contributed by atoms with Crippen molar-refractivity contribution in [3.63, 3.8) is 0 Å². The molecule has 0 aliphatic carbocycles. The molecule has 0 fully saturated rings. The molecule has 1 aromatic carbocycles. The third-order valence-electron chi connectivity index (χ3n) is 3.67. The number of primary amides is 1.